The number of ether oxygens (including phenoxy) is 2. The molecule has 4 nitrogen and oxygen atoms in total. The fourth-order valence-corrected chi connectivity index (χ4v) is 3.39. The summed E-state index contributed by atoms with van der Waals surface area (Å²) < 4.78 is 11.0. The first-order valence-electron chi connectivity index (χ1n) is 10.0. The maximum absolute atomic E-state index is 12.9. The molecule has 0 aliphatic heterocycles. The van der Waals surface area contributed by atoms with Gasteiger partial charge >= 0.3 is 5.97 Å². The van der Waals surface area contributed by atoms with E-state index in [0.717, 1.165) is 12.0 Å². The maximum Gasteiger partial charge on any atom is 0.342 e. The van der Waals surface area contributed by atoms with Crippen molar-refractivity contribution in [2.24, 2.45) is 5.41 Å². The highest BCUT2D eigenvalue weighted by Gasteiger charge is 2.33. The number of carbonyl (C=O) groups excluding carboxylic acids is 2. The van der Waals surface area contributed by atoms with Gasteiger partial charge in [0.15, 0.2) is 5.78 Å². The summed E-state index contributed by atoms with van der Waals surface area (Å²) in [5.74, 6) is -0.175. The molecule has 1 aliphatic rings. The first-order chi connectivity index (χ1) is 13.8. The number of rotatable bonds is 10. The van der Waals surface area contributed by atoms with E-state index in [1.807, 2.05) is 37.3 Å². The van der Waals surface area contributed by atoms with Crippen molar-refractivity contribution < 1.29 is 19.1 Å². The van der Waals surface area contributed by atoms with Gasteiger partial charge in [-0.05, 0) is 55.4 Å². The van der Waals surface area contributed by atoms with E-state index in [0.29, 0.717) is 35.5 Å². The molecule has 154 valence electrons. The Morgan fingerprint density at radius 2 is 1.79 bits per heavy atom. The minimum absolute atomic E-state index is 0.0795. The lowest BCUT2D eigenvalue weighted by Gasteiger charge is -2.24. The highest BCUT2D eigenvalue weighted by molar-refractivity contribution is 6.08. The van der Waals surface area contributed by atoms with Crippen molar-refractivity contribution in [3.8, 4) is 0 Å². The molecule has 0 bridgehead atoms. The first-order valence-corrected chi connectivity index (χ1v) is 10.0. The van der Waals surface area contributed by atoms with Crippen LogP contribution in [0.2, 0.25) is 0 Å². The Kier molecular flexibility index (Phi) is 7.77. The van der Waals surface area contributed by atoms with Crippen LogP contribution in [0.3, 0.4) is 0 Å². The van der Waals surface area contributed by atoms with Crippen molar-refractivity contribution in [3.05, 3.63) is 83.2 Å². The van der Waals surface area contributed by atoms with Gasteiger partial charge in [0.05, 0.1) is 13.2 Å². The molecule has 0 unspecified atom stereocenters. The molecule has 0 amide bonds. The van der Waals surface area contributed by atoms with Crippen molar-refractivity contribution in [1.82, 2.24) is 0 Å². The monoisotopic (exact) mass is 394 g/mol. The van der Waals surface area contributed by atoms with Crippen LogP contribution < -0.4 is 0 Å². The van der Waals surface area contributed by atoms with Crippen LogP contribution in [0.25, 0.3) is 0 Å². The van der Waals surface area contributed by atoms with Gasteiger partial charge in [-0.3, -0.25) is 4.79 Å². The molecule has 1 aliphatic carbocycles. The van der Waals surface area contributed by atoms with Crippen molar-refractivity contribution >= 4 is 11.8 Å². The molecule has 29 heavy (non-hydrogen) atoms. The minimum Gasteiger partial charge on any atom is -0.493 e. The van der Waals surface area contributed by atoms with E-state index in [-0.39, 0.29) is 17.8 Å². The summed E-state index contributed by atoms with van der Waals surface area (Å²) in [4.78, 5) is 25.6. The quantitative estimate of drug-likeness (QED) is 0.225. The second-order valence-corrected chi connectivity index (χ2v) is 7.68. The SMILES string of the molecule is C=CCC(C)(C)CC1=CC(OCC)=C(C(=O)OCC)/C1=C/C(=O)c1ccccc1. The largest absolute Gasteiger partial charge is 0.493 e. The lowest BCUT2D eigenvalue weighted by Crippen LogP contribution is -2.15. The Morgan fingerprint density at radius 1 is 1.10 bits per heavy atom. The van der Waals surface area contributed by atoms with Gasteiger partial charge in [0.2, 0.25) is 0 Å². The Labute approximate surface area is 173 Å². The standard InChI is InChI=1S/C25H30O4/c1-6-14-25(4,5)17-19-15-22(28-7-2)23(24(27)29-8-3)20(19)16-21(26)18-12-10-9-11-13-18/h6,9-13,15-16H,1,7-8,14,17H2,2-5H3/b20-16+. The summed E-state index contributed by atoms with van der Waals surface area (Å²) in [5.41, 5.74) is 2.29. The molecule has 0 saturated carbocycles. The fraction of sp³-hybridized carbons (Fsp3) is 0.360. The molecule has 0 spiro atoms. The summed E-state index contributed by atoms with van der Waals surface area (Å²) in [7, 11) is 0. The van der Waals surface area contributed by atoms with Crippen LogP contribution >= 0.6 is 0 Å². The van der Waals surface area contributed by atoms with Crippen molar-refractivity contribution in [2.75, 3.05) is 13.2 Å². The van der Waals surface area contributed by atoms with Crippen LogP contribution in [0.1, 0.15) is 50.9 Å². The average Bonchev–Trinajstić information content (AvgIpc) is 2.99. The third-order valence-corrected chi connectivity index (χ3v) is 4.65. The van der Waals surface area contributed by atoms with Gasteiger partial charge in [-0.2, -0.15) is 0 Å². The van der Waals surface area contributed by atoms with Gasteiger partial charge in [0.25, 0.3) is 0 Å². The number of benzene rings is 1. The van der Waals surface area contributed by atoms with E-state index in [9.17, 15) is 9.59 Å². The minimum atomic E-state index is -0.476. The predicted octanol–water partition coefficient (Wildman–Crippen LogP) is 5.58. The lowest BCUT2D eigenvalue weighted by molar-refractivity contribution is -0.138. The molecule has 0 aromatic heterocycles. The van der Waals surface area contributed by atoms with E-state index < -0.39 is 5.97 Å². The number of ketones is 1. The molecular formula is C25H30O4. The Morgan fingerprint density at radius 3 is 2.38 bits per heavy atom. The highest BCUT2D eigenvalue weighted by Crippen LogP contribution is 2.41. The summed E-state index contributed by atoms with van der Waals surface area (Å²) in [5, 5.41) is 0. The van der Waals surface area contributed by atoms with E-state index in [4.69, 9.17) is 9.47 Å². The number of hydrogen-bond acceptors (Lipinski definition) is 4. The number of carbonyl (C=O) groups is 2. The molecule has 1 aromatic carbocycles. The van der Waals surface area contributed by atoms with Crippen molar-refractivity contribution in [2.45, 2.75) is 40.5 Å². The molecule has 0 heterocycles. The zero-order valence-corrected chi connectivity index (χ0v) is 17.8. The van der Waals surface area contributed by atoms with Crippen LogP contribution in [-0.4, -0.2) is 25.0 Å². The van der Waals surface area contributed by atoms with Gasteiger partial charge < -0.3 is 9.47 Å². The number of allylic oxidation sites excluding steroid dienone is 4. The van der Waals surface area contributed by atoms with E-state index >= 15 is 0 Å². The van der Waals surface area contributed by atoms with Crippen LogP contribution in [-0.2, 0) is 14.3 Å². The average molecular weight is 395 g/mol. The van der Waals surface area contributed by atoms with Gasteiger partial charge in [-0.25, -0.2) is 4.79 Å². The lowest BCUT2D eigenvalue weighted by atomic mass is 9.80. The molecule has 0 fully saturated rings. The van der Waals surface area contributed by atoms with Crippen LogP contribution in [0.5, 0.6) is 0 Å². The molecule has 0 saturated heterocycles. The number of esters is 1. The van der Waals surface area contributed by atoms with E-state index in [2.05, 4.69) is 20.4 Å². The Bertz CT molecular complexity index is 854. The van der Waals surface area contributed by atoms with Gasteiger partial charge in [0.1, 0.15) is 11.3 Å². The third kappa shape index (κ3) is 5.80. The summed E-state index contributed by atoms with van der Waals surface area (Å²) in [6.45, 7) is 12.4. The van der Waals surface area contributed by atoms with Gasteiger partial charge in [-0.1, -0.05) is 50.3 Å². The van der Waals surface area contributed by atoms with Crippen LogP contribution in [0.4, 0.5) is 0 Å². The van der Waals surface area contributed by atoms with Gasteiger partial charge in [-0.15, -0.1) is 6.58 Å². The highest BCUT2D eigenvalue weighted by atomic mass is 16.5. The number of hydrogen-bond donors (Lipinski definition) is 0. The third-order valence-electron chi connectivity index (χ3n) is 4.65. The van der Waals surface area contributed by atoms with Crippen molar-refractivity contribution in [3.63, 3.8) is 0 Å². The summed E-state index contributed by atoms with van der Waals surface area (Å²) >= 11 is 0. The molecule has 0 N–H and O–H groups in total. The molecule has 1 aromatic rings. The molecule has 4 heteroatoms. The molecule has 0 radical (unpaired) electrons. The van der Waals surface area contributed by atoms with E-state index in [1.54, 1.807) is 19.1 Å². The Hall–Kier alpha value is -2.88. The van der Waals surface area contributed by atoms with Gasteiger partial charge in [0, 0.05) is 5.56 Å². The second-order valence-electron chi connectivity index (χ2n) is 7.68. The van der Waals surface area contributed by atoms with E-state index in [1.165, 1.54) is 6.08 Å². The van der Waals surface area contributed by atoms with Crippen LogP contribution in [0, 0.1) is 5.41 Å². The van der Waals surface area contributed by atoms with Crippen molar-refractivity contribution in [1.29, 1.82) is 0 Å². The first kappa shape index (κ1) is 22.4. The molecule has 2 rings (SSSR count). The zero-order chi connectivity index (χ0) is 21.4. The smallest absolute Gasteiger partial charge is 0.342 e. The molecular weight excluding hydrogens is 364 g/mol. The zero-order valence-electron chi connectivity index (χ0n) is 17.8. The normalized spacial score (nSPS) is 15.3. The second kappa shape index (κ2) is 10.1. The maximum atomic E-state index is 12.9. The summed E-state index contributed by atoms with van der Waals surface area (Å²) in [6.07, 6.45) is 6.76. The fourth-order valence-electron chi connectivity index (χ4n) is 3.39. The molecule has 0 atom stereocenters. The predicted molar refractivity (Wildman–Crippen MR) is 115 cm³/mol. The van der Waals surface area contributed by atoms with Crippen LogP contribution in [0.15, 0.2) is 77.6 Å². The summed E-state index contributed by atoms with van der Waals surface area (Å²) in [6, 6.07) is 9.02. The Balaban J connectivity index is 2.53. The topological polar surface area (TPSA) is 52.6 Å².